The van der Waals surface area contributed by atoms with Crippen LogP contribution in [0.4, 0.5) is 5.69 Å². The Labute approximate surface area is 152 Å². The third-order valence-corrected chi connectivity index (χ3v) is 4.51. The summed E-state index contributed by atoms with van der Waals surface area (Å²) in [7, 11) is 0. The molecule has 1 aromatic carbocycles. The van der Waals surface area contributed by atoms with Gasteiger partial charge in [-0.2, -0.15) is 0 Å². The number of hydrogen-bond donors (Lipinski definition) is 1. The van der Waals surface area contributed by atoms with Gasteiger partial charge in [-0.3, -0.25) is 10.1 Å². The fraction of sp³-hybridized carbons (Fsp3) is 0.389. The lowest BCUT2D eigenvalue weighted by molar-refractivity contribution is -0.384. The molecule has 0 saturated heterocycles. The normalized spacial score (nSPS) is 17.1. The predicted octanol–water partition coefficient (Wildman–Crippen LogP) is 3.47. The van der Waals surface area contributed by atoms with Gasteiger partial charge in [-0.15, -0.1) is 0 Å². The maximum atomic E-state index is 11.2. The Hall–Kier alpha value is -2.41. The zero-order valence-corrected chi connectivity index (χ0v) is 15.4. The van der Waals surface area contributed by atoms with E-state index < -0.39 is 0 Å². The van der Waals surface area contributed by atoms with Crippen molar-refractivity contribution in [1.82, 2.24) is 14.8 Å². The second kappa shape index (κ2) is 6.48. The molecule has 7 heteroatoms. The number of aromatic nitrogens is 1. The van der Waals surface area contributed by atoms with Crippen LogP contribution < -0.4 is 5.32 Å². The number of thiocarbonyl (C=S) groups is 1. The number of nitro benzene ring substituents is 1. The highest BCUT2D eigenvalue weighted by molar-refractivity contribution is 7.80. The predicted molar refractivity (Wildman–Crippen MR) is 102 cm³/mol. The number of fused-ring (bicyclic) bond motifs is 1. The zero-order chi connectivity index (χ0) is 18.2. The lowest BCUT2D eigenvalue weighted by atomic mass is 9.99. The van der Waals surface area contributed by atoms with Crippen molar-refractivity contribution >= 4 is 23.0 Å². The van der Waals surface area contributed by atoms with E-state index in [1.54, 1.807) is 12.1 Å². The molecule has 132 valence electrons. The Kier molecular flexibility index (Phi) is 4.51. The molecule has 1 aliphatic rings. The molecule has 0 radical (unpaired) electrons. The molecule has 1 aliphatic heterocycles. The van der Waals surface area contributed by atoms with Crippen molar-refractivity contribution in [1.29, 1.82) is 0 Å². The van der Waals surface area contributed by atoms with Crippen LogP contribution >= 0.6 is 12.2 Å². The maximum Gasteiger partial charge on any atom is 0.269 e. The van der Waals surface area contributed by atoms with Crippen LogP contribution in [0.1, 0.15) is 38.1 Å². The first-order valence-electron chi connectivity index (χ1n) is 8.24. The number of nitro groups is 1. The maximum absolute atomic E-state index is 11.2. The molecule has 2 aromatic rings. The molecular formula is C18H22N4O2S. The molecule has 1 aromatic heterocycles. The van der Waals surface area contributed by atoms with Crippen LogP contribution in [0.25, 0.3) is 0 Å². The van der Waals surface area contributed by atoms with E-state index in [4.69, 9.17) is 12.2 Å². The van der Waals surface area contributed by atoms with Crippen molar-refractivity contribution in [3.8, 4) is 0 Å². The van der Waals surface area contributed by atoms with Gasteiger partial charge in [0.05, 0.1) is 11.0 Å². The summed E-state index contributed by atoms with van der Waals surface area (Å²) < 4.78 is 2.18. The Morgan fingerprint density at radius 2 is 2.04 bits per heavy atom. The molecule has 3 rings (SSSR count). The van der Waals surface area contributed by atoms with E-state index in [2.05, 4.69) is 41.6 Å². The molecule has 0 fully saturated rings. The van der Waals surface area contributed by atoms with Gasteiger partial charge in [0.15, 0.2) is 5.11 Å². The minimum Gasteiger partial charge on any atom is -0.358 e. The van der Waals surface area contributed by atoms with E-state index >= 15 is 0 Å². The summed E-state index contributed by atoms with van der Waals surface area (Å²) >= 11 is 5.66. The Morgan fingerprint density at radius 3 is 2.72 bits per heavy atom. The lowest BCUT2D eigenvalue weighted by Gasteiger charge is -2.40. The van der Waals surface area contributed by atoms with Crippen molar-refractivity contribution < 1.29 is 4.92 Å². The molecule has 0 unspecified atom stereocenters. The van der Waals surface area contributed by atoms with Crippen LogP contribution in [0.2, 0.25) is 0 Å². The highest BCUT2D eigenvalue weighted by Gasteiger charge is 2.32. The van der Waals surface area contributed by atoms with Crippen LogP contribution in [-0.2, 0) is 6.54 Å². The highest BCUT2D eigenvalue weighted by Crippen LogP contribution is 2.34. The SMILES string of the molecule is CC(C)(C)NC(=S)N1CCn2cccc2[C@@H]1c1cccc([N+](=O)[O-])c1. The van der Waals surface area contributed by atoms with Gasteiger partial charge in [0.2, 0.25) is 0 Å². The van der Waals surface area contributed by atoms with Crippen LogP contribution in [0.3, 0.4) is 0 Å². The summed E-state index contributed by atoms with van der Waals surface area (Å²) in [4.78, 5) is 12.9. The van der Waals surface area contributed by atoms with E-state index in [9.17, 15) is 10.1 Å². The average Bonchev–Trinajstić information content (AvgIpc) is 3.00. The quantitative estimate of drug-likeness (QED) is 0.506. The fourth-order valence-corrected chi connectivity index (χ4v) is 3.66. The first-order valence-corrected chi connectivity index (χ1v) is 8.65. The molecule has 0 amide bonds. The first kappa shape index (κ1) is 17.4. The second-order valence-electron chi connectivity index (χ2n) is 7.25. The van der Waals surface area contributed by atoms with E-state index in [0.717, 1.165) is 24.3 Å². The molecule has 0 aliphatic carbocycles. The number of benzene rings is 1. The lowest BCUT2D eigenvalue weighted by Crippen LogP contribution is -2.52. The van der Waals surface area contributed by atoms with Gasteiger partial charge in [-0.25, -0.2) is 0 Å². The number of nitrogens with one attached hydrogen (secondary N) is 1. The van der Waals surface area contributed by atoms with Gasteiger partial charge in [0, 0.05) is 42.7 Å². The first-order chi connectivity index (χ1) is 11.8. The van der Waals surface area contributed by atoms with Gasteiger partial charge < -0.3 is 14.8 Å². The standard InChI is InChI=1S/C18H22N4O2S/c1-18(2,3)19-17(25)21-11-10-20-9-5-8-15(20)16(21)13-6-4-7-14(12-13)22(23)24/h4-9,12,16H,10-11H2,1-3H3,(H,19,25)/t16-/m0/s1. The smallest absolute Gasteiger partial charge is 0.269 e. The van der Waals surface area contributed by atoms with Crippen molar-refractivity contribution in [3.05, 3.63) is 64.0 Å². The molecule has 1 N–H and O–H groups in total. The Bertz CT molecular complexity index is 809. The van der Waals surface area contributed by atoms with Gasteiger partial charge in [-0.1, -0.05) is 12.1 Å². The summed E-state index contributed by atoms with van der Waals surface area (Å²) in [5.41, 5.74) is 1.90. The minimum absolute atomic E-state index is 0.0934. The topological polar surface area (TPSA) is 63.3 Å². The number of hydrogen-bond acceptors (Lipinski definition) is 3. The van der Waals surface area contributed by atoms with Gasteiger partial charge >= 0.3 is 0 Å². The molecule has 1 atom stereocenters. The summed E-state index contributed by atoms with van der Waals surface area (Å²) in [5, 5.41) is 15.2. The number of non-ortho nitro benzene ring substituents is 1. The summed E-state index contributed by atoms with van der Waals surface area (Å²) in [6, 6.07) is 10.7. The van der Waals surface area contributed by atoms with Crippen molar-refractivity contribution in [2.75, 3.05) is 6.54 Å². The van der Waals surface area contributed by atoms with Crippen LogP contribution in [-0.4, -0.2) is 31.6 Å². The van der Waals surface area contributed by atoms with Gasteiger partial charge in [0.1, 0.15) is 0 Å². The largest absolute Gasteiger partial charge is 0.358 e. The monoisotopic (exact) mass is 358 g/mol. The van der Waals surface area contributed by atoms with E-state index in [1.807, 2.05) is 18.3 Å². The number of nitrogens with zero attached hydrogens (tertiary/aromatic N) is 3. The zero-order valence-electron chi connectivity index (χ0n) is 14.6. The molecular weight excluding hydrogens is 336 g/mol. The van der Waals surface area contributed by atoms with Crippen LogP contribution in [0, 0.1) is 10.1 Å². The fourth-order valence-electron chi connectivity index (χ4n) is 3.15. The number of rotatable bonds is 2. The van der Waals surface area contributed by atoms with Crippen molar-refractivity contribution in [2.45, 2.75) is 38.9 Å². The van der Waals surface area contributed by atoms with Gasteiger partial charge in [-0.05, 0) is 50.7 Å². The van der Waals surface area contributed by atoms with Crippen LogP contribution in [0.5, 0.6) is 0 Å². The summed E-state index contributed by atoms with van der Waals surface area (Å²) in [5.74, 6) is 0. The minimum atomic E-state index is -0.360. The molecule has 25 heavy (non-hydrogen) atoms. The van der Waals surface area contributed by atoms with Gasteiger partial charge in [0.25, 0.3) is 5.69 Å². The third kappa shape index (κ3) is 3.66. The molecule has 0 saturated carbocycles. The second-order valence-corrected chi connectivity index (χ2v) is 7.64. The van der Waals surface area contributed by atoms with E-state index in [-0.39, 0.29) is 22.2 Å². The summed E-state index contributed by atoms with van der Waals surface area (Å²) in [6.45, 7) is 7.77. The average molecular weight is 358 g/mol. The third-order valence-electron chi connectivity index (χ3n) is 4.18. The molecule has 6 nitrogen and oxygen atoms in total. The molecule has 0 bridgehead atoms. The highest BCUT2D eigenvalue weighted by atomic mass is 32.1. The molecule has 2 heterocycles. The van der Waals surface area contributed by atoms with E-state index in [0.29, 0.717) is 5.11 Å². The van der Waals surface area contributed by atoms with E-state index in [1.165, 1.54) is 6.07 Å². The molecule has 0 spiro atoms. The van der Waals surface area contributed by atoms with Crippen molar-refractivity contribution in [3.63, 3.8) is 0 Å². The van der Waals surface area contributed by atoms with Crippen LogP contribution in [0.15, 0.2) is 42.6 Å². The Balaban J connectivity index is 2.03. The van der Waals surface area contributed by atoms with Crippen molar-refractivity contribution in [2.24, 2.45) is 0 Å². The Morgan fingerprint density at radius 1 is 1.28 bits per heavy atom. The summed E-state index contributed by atoms with van der Waals surface area (Å²) in [6.07, 6.45) is 2.04.